The van der Waals surface area contributed by atoms with Gasteiger partial charge in [0.15, 0.2) is 17.5 Å². The standard InChI is InChI=1S/C13H12F2N4O/c1-19(13-10(15)6-8(14)7-17-13)11-5-3-2-4-9(11)12(16)18-20/h2-7,20H,1H3,(H2,16,18). The van der Waals surface area contributed by atoms with Crippen LogP contribution in [0.5, 0.6) is 0 Å². The van der Waals surface area contributed by atoms with Gasteiger partial charge in [-0.2, -0.15) is 0 Å². The van der Waals surface area contributed by atoms with Crippen LogP contribution in [0.2, 0.25) is 0 Å². The summed E-state index contributed by atoms with van der Waals surface area (Å²) in [7, 11) is 1.55. The lowest BCUT2D eigenvalue weighted by atomic mass is 10.1. The first-order chi connectivity index (χ1) is 9.54. The van der Waals surface area contributed by atoms with Crippen LogP contribution < -0.4 is 10.6 Å². The Kier molecular flexibility index (Phi) is 3.79. The van der Waals surface area contributed by atoms with Crippen LogP contribution in [-0.4, -0.2) is 23.1 Å². The maximum atomic E-state index is 13.7. The normalized spacial score (nSPS) is 11.4. The number of benzene rings is 1. The zero-order chi connectivity index (χ0) is 14.7. The number of oxime groups is 1. The third kappa shape index (κ3) is 2.51. The second-order valence-electron chi connectivity index (χ2n) is 4.02. The molecule has 20 heavy (non-hydrogen) atoms. The number of anilines is 2. The molecule has 7 heteroatoms. The Labute approximate surface area is 114 Å². The molecule has 1 heterocycles. The Morgan fingerprint density at radius 3 is 2.70 bits per heavy atom. The molecule has 0 fully saturated rings. The highest BCUT2D eigenvalue weighted by Crippen LogP contribution is 2.27. The lowest BCUT2D eigenvalue weighted by molar-refractivity contribution is 0.318. The van der Waals surface area contributed by atoms with E-state index in [1.807, 2.05) is 0 Å². The van der Waals surface area contributed by atoms with Crippen LogP contribution in [0.15, 0.2) is 41.7 Å². The van der Waals surface area contributed by atoms with Crippen molar-refractivity contribution < 1.29 is 14.0 Å². The lowest BCUT2D eigenvalue weighted by Crippen LogP contribution is -2.20. The Bertz CT molecular complexity index is 661. The van der Waals surface area contributed by atoms with E-state index >= 15 is 0 Å². The van der Waals surface area contributed by atoms with Gasteiger partial charge in [-0.25, -0.2) is 13.8 Å². The Morgan fingerprint density at radius 1 is 1.35 bits per heavy atom. The van der Waals surface area contributed by atoms with E-state index in [9.17, 15) is 8.78 Å². The fraction of sp³-hybridized carbons (Fsp3) is 0.0769. The monoisotopic (exact) mass is 278 g/mol. The predicted octanol–water partition coefficient (Wildman–Crippen LogP) is 2.22. The summed E-state index contributed by atoms with van der Waals surface area (Å²) in [5.74, 6) is -1.74. The van der Waals surface area contributed by atoms with Gasteiger partial charge in [-0.3, -0.25) is 0 Å². The number of rotatable bonds is 3. The van der Waals surface area contributed by atoms with Gasteiger partial charge in [-0.05, 0) is 12.1 Å². The van der Waals surface area contributed by atoms with E-state index in [1.54, 1.807) is 31.3 Å². The van der Waals surface area contributed by atoms with Crippen LogP contribution in [0, 0.1) is 11.6 Å². The molecule has 0 saturated carbocycles. The van der Waals surface area contributed by atoms with Crippen LogP contribution in [0.25, 0.3) is 0 Å². The van der Waals surface area contributed by atoms with Gasteiger partial charge in [0.25, 0.3) is 0 Å². The van der Waals surface area contributed by atoms with Gasteiger partial charge in [0.1, 0.15) is 5.82 Å². The Balaban J connectivity index is 2.51. The molecule has 0 amide bonds. The first-order valence-electron chi connectivity index (χ1n) is 5.66. The van der Waals surface area contributed by atoms with Crippen LogP contribution >= 0.6 is 0 Å². The molecule has 0 bridgehead atoms. The largest absolute Gasteiger partial charge is 0.409 e. The third-order valence-corrected chi connectivity index (χ3v) is 2.76. The zero-order valence-corrected chi connectivity index (χ0v) is 10.6. The molecule has 1 aromatic carbocycles. The summed E-state index contributed by atoms with van der Waals surface area (Å²) in [5, 5.41) is 11.7. The number of pyridine rings is 1. The Hall–Kier alpha value is -2.70. The fourth-order valence-electron chi connectivity index (χ4n) is 1.80. The predicted molar refractivity (Wildman–Crippen MR) is 71.2 cm³/mol. The number of hydrogen-bond donors (Lipinski definition) is 2. The average molecular weight is 278 g/mol. The molecule has 0 aliphatic carbocycles. The highest BCUT2D eigenvalue weighted by molar-refractivity contribution is 6.02. The topological polar surface area (TPSA) is 74.7 Å². The minimum absolute atomic E-state index is 0.0652. The summed E-state index contributed by atoms with van der Waals surface area (Å²) in [6.45, 7) is 0. The molecule has 0 aliphatic rings. The van der Waals surface area contributed by atoms with Crippen molar-refractivity contribution in [2.24, 2.45) is 10.9 Å². The van der Waals surface area contributed by atoms with Gasteiger partial charge < -0.3 is 15.8 Å². The summed E-state index contributed by atoms with van der Waals surface area (Å²) in [6, 6.07) is 7.41. The van der Waals surface area contributed by atoms with Crippen LogP contribution in [0.4, 0.5) is 20.3 Å². The Morgan fingerprint density at radius 2 is 2.05 bits per heavy atom. The highest BCUT2D eigenvalue weighted by Gasteiger charge is 2.16. The van der Waals surface area contributed by atoms with Crippen LogP contribution in [0.1, 0.15) is 5.56 Å². The van der Waals surface area contributed by atoms with Gasteiger partial charge in [0, 0.05) is 18.7 Å². The number of hydrogen-bond acceptors (Lipinski definition) is 4. The van der Waals surface area contributed by atoms with Gasteiger partial charge in [-0.1, -0.05) is 17.3 Å². The van der Waals surface area contributed by atoms with E-state index < -0.39 is 11.6 Å². The SMILES string of the molecule is CN(c1ccccc1/C(N)=N/O)c1ncc(F)cc1F. The molecule has 0 aliphatic heterocycles. The molecule has 1 aromatic heterocycles. The van der Waals surface area contributed by atoms with Crippen molar-refractivity contribution >= 4 is 17.3 Å². The molecular formula is C13H12F2N4O. The fourth-order valence-corrected chi connectivity index (χ4v) is 1.80. The number of halogens is 2. The summed E-state index contributed by atoms with van der Waals surface area (Å²) in [5.41, 5.74) is 6.45. The van der Waals surface area contributed by atoms with Crippen molar-refractivity contribution in [3.05, 3.63) is 53.7 Å². The van der Waals surface area contributed by atoms with E-state index in [4.69, 9.17) is 10.9 Å². The van der Waals surface area contributed by atoms with E-state index in [2.05, 4.69) is 10.1 Å². The van der Waals surface area contributed by atoms with Crippen molar-refractivity contribution in [1.82, 2.24) is 4.98 Å². The van der Waals surface area contributed by atoms with Crippen molar-refractivity contribution in [1.29, 1.82) is 0 Å². The number of para-hydroxylation sites is 1. The summed E-state index contributed by atoms with van der Waals surface area (Å²) in [4.78, 5) is 5.10. The summed E-state index contributed by atoms with van der Waals surface area (Å²) >= 11 is 0. The second-order valence-corrected chi connectivity index (χ2v) is 4.02. The van der Waals surface area contributed by atoms with Crippen molar-refractivity contribution in [3.63, 3.8) is 0 Å². The highest BCUT2D eigenvalue weighted by atomic mass is 19.1. The molecule has 104 valence electrons. The quantitative estimate of drug-likeness (QED) is 0.391. The molecule has 0 unspecified atom stereocenters. The van der Waals surface area contributed by atoms with Gasteiger partial charge >= 0.3 is 0 Å². The molecule has 0 radical (unpaired) electrons. The minimum atomic E-state index is -0.804. The molecule has 0 atom stereocenters. The smallest absolute Gasteiger partial charge is 0.172 e. The molecular weight excluding hydrogens is 266 g/mol. The first kappa shape index (κ1) is 13.7. The van der Waals surface area contributed by atoms with E-state index in [0.29, 0.717) is 11.3 Å². The zero-order valence-electron chi connectivity index (χ0n) is 10.6. The third-order valence-electron chi connectivity index (χ3n) is 2.76. The van der Waals surface area contributed by atoms with Crippen LogP contribution in [0.3, 0.4) is 0 Å². The maximum absolute atomic E-state index is 13.7. The van der Waals surface area contributed by atoms with E-state index in [-0.39, 0.29) is 11.7 Å². The number of nitrogens with two attached hydrogens (primary N) is 1. The molecule has 3 N–H and O–H groups in total. The first-order valence-corrected chi connectivity index (χ1v) is 5.66. The maximum Gasteiger partial charge on any atom is 0.172 e. The second kappa shape index (κ2) is 5.52. The van der Waals surface area contributed by atoms with Crippen LogP contribution in [-0.2, 0) is 0 Å². The molecule has 0 spiro atoms. The number of nitrogens with zero attached hydrogens (tertiary/aromatic N) is 3. The average Bonchev–Trinajstić information content (AvgIpc) is 2.46. The van der Waals surface area contributed by atoms with Gasteiger partial charge in [0.2, 0.25) is 0 Å². The van der Waals surface area contributed by atoms with Crippen molar-refractivity contribution in [3.8, 4) is 0 Å². The lowest BCUT2D eigenvalue weighted by Gasteiger charge is -2.21. The minimum Gasteiger partial charge on any atom is -0.409 e. The number of aromatic nitrogens is 1. The van der Waals surface area contributed by atoms with Gasteiger partial charge in [0.05, 0.1) is 11.9 Å². The van der Waals surface area contributed by atoms with Crippen molar-refractivity contribution in [2.75, 3.05) is 11.9 Å². The van der Waals surface area contributed by atoms with E-state index in [1.165, 1.54) is 4.90 Å². The molecule has 2 aromatic rings. The van der Waals surface area contributed by atoms with E-state index in [0.717, 1.165) is 12.3 Å². The van der Waals surface area contributed by atoms with Crippen molar-refractivity contribution in [2.45, 2.75) is 0 Å². The van der Waals surface area contributed by atoms with Gasteiger partial charge in [-0.15, -0.1) is 0 Å². The number of amidine groups is 1. The molecule has 2 rings (SSSR count). The summed E-state index contributed by atoms with van der Waals surface area (Å²) < 4.78 is 26.6. The summed E-state index contributed by atoms with van der Waals surface area (Å²) in [6.07, 6.45) is 0.918. The molecule has 0 saturated heterocycles. The molecule has 5 nitrogen and oxygen atoms in total.